The lowest BCUT2D eigenvalue weighted by Gasteiger charge is -2.06. The van der Waals surface area contributed by atoms with E-state index in [0.29, 0.717) is 48.8 Å². The molecule has 0 unspecified atom stereocenters. The molecule has 0 bridgehead atoms. The number of rotatable bonds is 22. The monoisotopic (exact) mass is 1730 g/mol. The lowest BCUT2D eigenvalue weighted by atomic mass is 10.0. The zero-order chi connectivity index (χ0) is 87.4. The second kappa shape index (κ2) is 36.2. The summed E-state index contributed by atoms with van der Waals surface area (Å²) in [6, 6.07) is 59.1. The van der Waals surface area contributed by atoms with Gasteiger partial charge in [-0.05, 0) is 103 Å². The normalized spacial score (nSPS) is 11.4. The second-order valence-corrected chi connectivity index (χ2v) is 32.8. The van der Waals surface area contributed by atoms with Crippen LogP contribution in [-0.2, 0) is 53.9 Å². The molecular formula is C95H76F4N20O4S3. The number of carbonyl (C=O) groups is 4. The molecule has 0 saturated heterocycles. The fraction of sp³-hybridized carbons (Fsp3) is 0.137. The van der Waals surface area contributed by atoms with Gasteiger partial charge in [-0.3, -0.25) is 42.9 Å². The second-order valence-electron chi connectivity index (χ2n) is 29.8. The number of thiazole rings is 3. The summed E-state index contributed by atoms with van der Waals surface area (Å²) >= 11 is 3.74. The first-order chi connectivity index (χ1) is 61.1. The Hall–Kier alpha value is -15.1. The van der Waals surface area contributed by atoms with E-state index in [1.165, 1.54) is 38.5 Å². The number of benzene rings is 4. The number of imidazole rings is 4. The predicted octanol–water partition coefficient (Wildman–Crippen LogP) is 19.9. The molecule has 626 valence electrons. The highest BCUT2D eigenvalue weighted by Crippen LogP contribution is 2.37. The minimum Gasteiger partial charge on any atom is -0.306 e. The summed E-state index contributed by atoms with van der Waals surface area (Å²) in [6.07, 6.45) is 19.2. The van der Waals surface area contributed by atoms with E-state index in [4.69, 9.17) is 9.97 Å². The van der Waals surface area contributed by atoms with Gasteiger partial charge in [0, 0.05) is 159 Å². The molecule has 126 heavy (non-hydrogen) atoms. The number of hydrogen-bond acceptors (Lipinski definition) is 19. The highest BCUT2D eigenvalue weighted by Gasteiger charge is 2.28. The molecule has 0 aliphatic carbocycles. The number of ketones is 4. The van der Waals surface area contributed by atoms with Crippen LogP contribution in [0.3, 0.4) is 0 Å². The Morgan fingerprint density at radius 1 is 0.349 bits per heavy atom. The Morgan fingerprint density at radius 2 is 0.683 bits per heavy atom. The summed E-state index contributed by atoms with van der Waals surface area (Å²) < 4.78 is 66.2. The van der Waals surface area contributed by atoms with E-state index in [1.807, 2.05) is 268 Å². The smallest absolute Gasteiger partial charge is 0.281 e. The van der Waals surface area contributed by atoms with E-state index < -0.39 is 12.9 Å². The first kappa shape index (κ1) is 83.2. The van der Waals surface area contributed by atoms with Crippen molar-refractivity contribution < 1.29 is 36.7 Å². The van der Waals surface area contributed by atoms with E-state index >= 15 is 0 Å². The Labute approximate surface area is 729 Å². The molecule has 0 amide bonds. The maximum atomic E-state index is 13.2. The summed E-state index contributed by atoms with van der Waals surface area (Å²) in [5, 5.41) is 21.8. The summed E-state index contributed by atoms with van der Waals surface area (Å²) in [7, 11) is 6.90. The van der Waals surface area contributed by atoms with Crippen LogP contribution in [-0.4, -0.2) is 120 Å². The summed E-state index contributed by atoms with van der Waals surface area (Å²) in [6.45, 7) is 5.53. The van der Waals surface area contributed by atoms with Crippen LogP contribution in [0.15, 0.2) is 273 Å². The fourth-order valence-corrected chi connectivity index (χ4v) is 17.2. The quantitative estimate of drug-likeness (QED) is 0.0451. The van der Waals surface area contributed by atoms with Crippen LogP contribution in [0.1, 0.15) is 105 Å². The minimum atomic E-state index is -2.66. The van der Waals surface area contributed by atoms with Gasteiger partial charge in [-0.2, -0.15) is 20.4 Å². The molecule has 0 aliphatic rings. The van der Waals surface area contributed by atoms with Gasteiger partial charge >= 0.3 is 0 Å². The van der Waals surface area contributed by atoms with E-state index in [-0.39, 0.29) is 60.2 Å². The molecule has 0 saturated carbocycles. The van der Waals surface area contributed by atoms with Crippen LogP contribution >= 0.6 is 34.0 Å². The number of aromatic nitrogens is 20. The summed E-state index contributed by atoms with van der Waals surface area (Å²) in [4.78, 5) is 89.0. The average Bonchev–Trinajstić information content (AvgIpc) is 1.64. The van der Waals surface area contributed by atoms with Gasteiger partial charge in [-0.15, -0.1) is 34.0 Å². The predicted molar refractivity (Wildman–Crippen MR) is 478 cm³/mol. The van der Waals surface area contributed by atoms with Gasteiger partial charge in [-0.25, -0.2) is 52.4 Å². The molecule has 20 aromatic rings. The van der Waals surface area contributed by atoms with E-state index in [2.05, 4.69) is 50.3 Å². The van der Waals surface area contributed by atoms with E-state index in [0.717, 1.165) is 146 Å². The van der Waals surface area contributed by atoms with Crippen molar-refractivity contribution in [2.45, 2.75) is 59.3 Å². The van der Waals surface area contributed by atoms with Gasteiger partial charge in [0.25, 0.3) is 12.9 Å². The molecule has 0 aliphatic heterocycles. The topological polar surface area (TPSA) is 260 Å². The van der Waals surface area contributed by atoms with Gasteiger partial charge in [-0.1, -0.05) is 127 Å². The molecule has 0 atom stereocenters. The SMILES string of the molecule is Cc1ccc(-c2cnn(C)c2C(=O)Cc2ccn3cc(-c4ccccc4)nc3c2)nc1.Cc1csc(-c2cnn(C)c2C(=O)Cc2ccn3cc(-c4ccccc4)nc3c2)n1.Cc1sc(-c2cnn(C)c2C(=O)Cc2ccn3cc(-c4ccccc4)nc3c2)nc1C(F)F.Cn1ncc(-c2nc(C(F)F)cs2)c1C(=O)Cc1ccn2cc(-c3ccccc3)nc2c1. The van der Waals surface area contributed by atoms with Crippen molar-refractivity contribution in [1.29, 1.82) is 0 Å². The number of aryl methyl sites for hydroxylation is 7. The van der Waals surface area contributed by atoms with Crippen molar-refractivity contribution in [1.82, 2.24) is 96.6 Å². The third-order valence-corrected chi connectivity index (χ3v) is 23.8. The molecule has 0 fully saturated rings. The molecule has 0 spiro atoms. The van der Waals surface area contributed by atoms with Gasteiger partial charge < -0.3 is 17.6 Å². The van der Waals surface area contributed by atoms with Gasteiger partial charge in [0.2, 0.25) is 0 Å². The van der Waals surface area contributed by atoms with Crippen molar-refractivity contribution in [3.63, 3.8) is 0 Å². The standard InChI is InChI=1S/C25H21N5O.C24H19F2N5OS.C23H17F2N5OS.C23H19N5OS/c1-17-8-9-21(26-14-17)20-15-27-29(2)25(20)23(31)12-18-10-11-30-16-22(28-24(30)13-18)19-6-4-3-5-7-19;1-14-21(23(25)26)29-24(33-14)17-12-27-30(2)22(17)19(32)10-15-8-9-31-13-18(28-20(31)11-15)16-6-4-3-5-7-16;1-29-21(16(11-26-29)23-28-18(13-32-23)22(24)25)19(31)9-14-7-8-30-12-17(27-20(30)10-14)15-5-3-2-4-6-15;1-15-14-30-23(25-15)18-12-24-27(2)22(18)20(29)10-16-8-9-28-13-19(26-21(28)11-16)17-6-4-3-5-7-17/h3-11,13-16H,12H2,1-2H3;3-9,11-13,23H,10H2,1-2H3;2-8,10-13,22H,9H2,1H3;3-9,11-14H,10H2,1-2H3. The minimum absolute atomic E-state index is 0.00318. The third kappa shape index (κ3) is 18.1. The van der Waals surface area contributed by atoms with Crippen LogP contribution < -0.4 is 0 Å². The third-order valence-electron chi connectivity index (χ3n) is 20.9. The van der Waals surface area contributed by atoms with Gasteiger partial charge in [0.05, 0.1) is 69.9 Å². The van der Waals surface area contributed by atoms with Crippen LogP contribution in [0.25, 0.3) is 111 Å². The maximum Gasteiger partial charge on any atom is 0.281 e. The van der Waals surface area contributed by atoms with Crippen molar-refractivity contribution >= 4 is 79.7 Å². The van der Waals surface area contributed by atoms with E-state index in [1.54, 1.807) is 63.1 Å². The number of halogens is 4. The van der Waals surface area contributed by atoms with E-state index in [9.17, 15) is 36.7 Å². The molecule has 4 aromatic carbocycles. The largest absolute Gasteiger partial charge is 0.306 e. The van der Waals surface area contributed by atoms with Crippen molar-refractivity contribution in [3.05, 3.63) is 346 Å². The number of hydrogen-bond donors (Lipinski definition) is 0. The number of pyridine rings is 5. The Balaban J connectivity index is 0.000000119. The highest BCUT2D eigenvalue weighted by molar-refractivity contribution is 7.15. The molecule has 31 heteroatoms. The number of carbonyl (C=O) groups excluding carboxylic acids is 4. The van der Waals surface area contributed by atoms with Crippen LogP contribution in [0.4, 0.5) is 17.6 Å². The van der Waals surface area contributed by atoms with Gasteiger partial charge in [0.15, 0.2) is 23.1 Å². The Kier molecular flexibility index (Phi) is 23.9. The van der Waals surface area contributed by atoms with Crippen LogP contribution in [0.2, 0.25) is 0 Å². The summed E-state index contributed by atoms with van der Waals surface area (Å²) in [5.41, 5.74) is 20.7. The Bertz CT molecular complexity index is 7380. The molecule has 0 radical (unpaired) electrons. The molecule has 16 aromatic heterocycles. The lowest BCUT2D eigenvalue weighted by Crippen LogP contribution is -2.11. The average molecular weight is 1730 g/mol. The van der Waals surface area contributed by atoms with Crippen LogP contribution in [0, 0.1) is 20.8 Å². The van der Waals surface area contributed by atoms with Crippen LogP contribution in [0.5, 0.6) is 0 Å². The zero-order valence-electron chi connectivity index (χ0n) is 68.8. The van der Waals surface area contributed by atoms with Gasteiger partial charge in [0.1, 0.15) is 71.8 Å². The lowest BCUT2D eigenvalue weighted by molar-refractivity contribution is 0.0976. The molecule has 24 nitrogen and oxygen atoms in total. The Morgan fingerprint density at radius 3 is 0.992 bits per heavy atom. The molecule has 20 rings (SSSR count). The maximum absolute atomic E-state index is 13.2. The zero-order valence-corrected chi connectivity index (χ0v) is 71.2. The molecule has 0 N–H and O–H groups in total. The number of fused-ring (bicyclic) bond motifs is 4. The molecule has 16 heterocycles. The number of nitrogens with zero attached hydrogens (tertiary/aromatic N) is 20. The fourth-order valence-electron chi connectivity index (χ4n) is 14.7. The van der Waals surface area contributed by atoms with Crippen molar-refractivity contribution in [3.8, 4) is 88.0 Å². The number of Topliss-reactive ketones (excluding diaryl/α,β-unsaturated/α-hetero) is 4. The molecular weight excluding hydrogens is 1660 g/mol. The van der Waals surface area contributed by atoms with Crippen molar-refractivity contribution in [2.24, 2.45) is 28.2 Å². The summed E-state index contributed by atoms with van der Waals surface area (Å²) in [5.74, 6) is -0.336. The van der Waals surface area contributed by atoms with Crippen molar-refractivity contribution in [2.75, 3.05) is 0 Å². The highest BCUT2D eigenvalue weighted by atomic mass is 32.1. The number of alkyl halides is 4. The first-order valence-electron chi connectivity index (χ1n) is 39.7. The first-order valence-corrected chi connectivity index (χ1v) is 42.3.